The zero-order chi connectivity index (χ0) is 11.7. The lowest BCUT2D eigenvalue weighted by Crippen LogP contribution is -2.11. The number of aromatic nitrogens is 2. The van der Waals surface area contributed by atoms with Crippen LogP contribution in [0.25, 0.3) is 11.3 Å². The molecule has 0 aliphatic carbocycles. The van der Waals surface area contributed by atoms with E-state index in [0.29, 0.717) is 15.9 Å². The Labute approximate surface area is 100.0 Å². The van der Waals surface area contributed by atoms with E-state index in [1.807, 2.05) is 18.2 Å². The van der Waals surface area contributed by atoms with Crippen molar-refractivity contribution in [2.75, 3.05) is 0 Å². The number of aryl methyl sites for hydroxylation is 1. The molecule has 16 heavy (non-hydrogen) atoms. The van der Waals surface area contributed by atoms with Crippen molar-refractivity contribution in [2.24, 2.45) is 0 Å². The zero-order valence-corrected chi connectivity index (χ0v) is 10.0. The molecular formula is C10H8BrN3O2. The number of benzene rings is 1. The Morgan fingerprint density at radius 3 is 2.56 bits per heavy atom. The van der Waals surface area contributed by atoms with E-state index >= 15 is 0 Å². The van der Waals surface area contributed by atoms with Gasteiger partial charge < -0.3 is 10.1 Å². The van der Waals surface area contributed by atoms with Crippen LogP contribution in [0.4, 0.5) is 0 Å². The molecule has 0 aliphatic rings. The van der Waals surface area contributed by atoms with Gasteiger partial charge in [0.05, 0.1) is 9.51 Å². The Morgan fingerprint density at radius 1 is 1.38 bits per heavy atom. The minimum Gasteiger partial charge on any atom is -0.339 e. The van der Waals surface area contributed by atoms with Crippen LogP contribution in [0.3, 0.4) is 0 Å². The number of nitro groups is 1. The molecule has 1 aromatic carbocycles. The lowest BCUT2D eigenvalue weighted by Gasteiger charge is -2.00. The second-order valence-corrected chi connectivity index (χ2v) is 4.03. The number of hydrogen-bond donors (Lipinski definition) is 0. The Hall–Kier alpha value is -1.69. The van der Waals surface area contributed by atoms with E-state index in [0.717, 1.165) is 10.4 Å². The van der Waals surface area contributed by atoms with Gasteiger partial charge in [-0.1, -0.05) is 30.3 Å². The number of halogens is 1. The Balaban J connectivity index is 2.68. The van der Waals surface area contributed by atoms with Crippen molar-refractivity contribution < 1.29 is 5.03 Å². The van der Waals surface area contributed by atoms with Crippen LogP contribution < -0.4 is 0 Å². The number of nitrogens with zero attached hydrogens (tertiary/aromatic N) is 3. The fourth-order valence-corrected chi connectivity index (χ4v) is 1.92. The highest BCUT2D eigenvalue weighted by molar-refractivity contribution is 9.10. The zero-order valence-electron chi connectivity index (χ0n) is 8.42. The van der Waals surface area contributed by atoms with E-state index in [9.17, 15) is 10.1 Å². The van der Waals surface area contributed by atoms with E-state index < -0.39 is 5.03 Å². The minimum absolute atomic E-state index is 0.461. The Kier molecular flexibility index (Phi) is 2.74. The lowest BCUT2D eigenvalue weighted by molar-refractivity contribution is -0.551. The Morgan fingerprint density at radius 2 is 2.00 bits per heavy atom. The van der Waals surface area contributed by atoms with Gasteiger partial charge >= 0.3 is 0 Å². The van der Waals surface area contributed by atoms with Gasteiger partial charge in [-0.2, -0.15) is 0 Å². The molecule has 0 amide bonds. The third-order valence-corrected chi connectivity index (χ3v) is 3.12. The van der Waals surface area contributed by atoms with Crippen LogP contribution >= 0.6 is 15.9 Å². The van der Waals surface area contributed by atoms with Crippen molar-refractivity contribution in [1.29, 1.82) is 0 Å². The largest absolute Gasteiger partial charge is 0.339 e. The lowest BCUT2D eigenvalue weighted by atomic mass is 10.1. The molecule has 0 N–H and O–H groups in total. The highest BCUT2D eigenvalue weighted by Crippen LogP contribution is 2.30. The van der Waals surface area contributed by atoms with Gasteiger partial charge in [-0.25, -0.2) is 0 Å². The molecule has 0 fully saturated rings. The normalized spacial score (nSPS) is 10.4. The predicted octanol–water partition coefficient (Wildman–Crippen LogP) is 2.66. The monoisotopic (exact) mass is 281 g/mol. The second kappa shape index (κ2) is 4.05. The first-order valence-corrected chi connectivity index (χ1v) is 5.36. The summed E-state index contributed by atoms with van der Waals surface area (Å²) in [5, 5.41) is 14.2. The molecule has 0 aliphatic heterocycles. The maximum Gasteiger partial charge on any atom is 0.192 e. The SMILES string of the molecule is Cc1nn([N+](=O)[O-])c(-c2ccccc2)c1Br. The standard InChI is InChI=1S/C10H8BrN3O2/c1-7-9(11)10(13(12-7)14(15)16)8-5-3-2-4-6-8/h2-6H,1H3. The highest BCUT2D eigenvalue weighted by Gasteiger charge is 2.22. The molecule has 0 unspecified atom stereocenters. The van der Waals surface area contributed by atoms with Gasteiger partial charge in [0.25, 0.3) is 0 Å². The van der Waals surface area contributed by atoms with E-state index in [1.54, 1.807) is 19.1 Å². The molecular weight excluding hydrogens is 274 g/mol. The number of rotatable bonds is 2. The maximum atomic E-state index is 10.8. The van der Waals surface area contributed by atoms with Crippen molar-refractivity contribution in [3.05, 3.63) is 50.6 Å². The fourth-order valence-electron chi connectivity index (χ4n) is 1.45. The molecule has 6 heteroatoms. The van der Waals surface area contributed by atoms with Crippen LogP contribution in [0, 0.1) is 17.0 Å². The van der Waals surface area contributed by atoms with Crippen LogP contribution in [0.1, 0.15) is 5.69 Å². The van der Waals surface area contributed by atoms with Crippen molar-refractivity contribution in [3.63, 3.8) is 0 Å². The van der Waals surface area contributed by atoms with E-state index in [1.165, 1.54) is 0 Å². The second-order valence-electron chi connectivity index (χ2n) is 3.24. The van der Waals surface area contributed by atoms with Crippen LogP contribution in [0.15, 0.2) is 34.8 Å². The summed E-state index contributed by atoms with van der Waals surface area (Å²) in [7, 11) is 0. The molecule has 0 saturated heterocycles. The van der Waals surface area contributed by atoms with Crippen LogP contribution in [0.5, 0.6) is 0 Å². The maximum absolute atomic E-state index is 10.8. The van der Waals surface area contributed by atoms with Gasteiger partial charge in [0.1, 0.15) is 0 Å². The van der Waals surface area contributed by atoms with E-state index in [-0.39, 0.29) is 0 Å². The summed E-state index contributed by atoms with van der Waals surface area (Å²) in [4.78, 5) is 11.6. The quantitative estimate of drug-likeness (QED) is 0.628. The first-order valence-electron chi connectivity index (χ1n) is 4.56. The average Bonchev–Trinajstić information content (AvgIpc) is 2.57. The van der Waals surface area contributed by atoms with Crippen molar-refractivity contribution >= 4 is 15.9 Å². The predicted molar refractivity (Wildman–Crippen MR) is 62.5 cm³/mol. The molecule has 5 nitrogen and oxygen atoms in total. The van der Waals surface area contributed by atoms with Gasteiger partial charge in [-0.3, -0.25) is 0 Å². The molecule has 0 saturated carbocycles. The molecule has 2 aromatic rings. The summed E-state index contributed by atoms with van der Waals surface area (Å²) in [5.41, 5.74) is 1.81. The fraction of sp³-hybridized carbons (Fsp3) is 0.100. The summed E-state index contributed by atoms with van der Waals surface area (Å²) >= 11 is 3.32. The highest BCUT2D eigenvalue weighted by atomic mass is 79.9. The first-order chi connectivity index (χ1) is 7.61. The summed E-state index contributed by atoms with van der Waals surface area (Å²) in [6.07, 6.45) is 0. The van der Waals surface area contributed by atoms with Gasteiger partial charge in [0.2, 0.25) is 0 Å². The van der Waals surface area contributed by atoms with Crippen molar-refractivity contribution in [2.45, 2.75) is 6.92 Å². The van der Waals surface area contributed by atoms with Crippen LogP contribution in [0.2, 0.25) is 0 Å². The molecule has 0 spiro atoms. The van der Waals surface area contributed by atoms with Gasteiger partial charge in [-0.05, 0) is 15.9 Å². The van der Waals surface area contributed by atoms with Crippen LogP contribution in [-0.4, -0.2) is 14.9 Å². The molecule has 0 radical (unpaired) electrons. The summed E-state index contributed by atoms with van der Waals surface area (Å²) in [6, 6.07) is 9.13. The van der Waals surface area contributed by atoms with Crippen molar-refractivity contribution in [3.8, 4) is 11.3 Å². The average molecular weight is 282 g/mol. The first kappa shape index (κ1) is 10.8. The third kappa shape index (κ3) is 1.71. The van der Waals surface area contributed by atoms with Gasteiger partial charge in [0.15, 0.2) is 11.4 Å². The van der Waals surface area contributed by atoms with E-state index in [4.69, 9.17) is 0 Å². The molecule has 1 heterocycles. The summed E-state index contributed by atoms with van der Waals surface area (Å²) in [5.74, 6) is 0. The molecule has 0 bridgehead atoms. The van der Waals surface area contributed by atoms with Crippen molar-refractivity contribution in [1.82, 2.24) is 9.89 Å². The number of hydrogen-bond acceptors (Lipinski definition) is 3. The van der Waals surface area contributed by atoms with E-state index in [2.05, 4.69) is 21.0 Å². The Bertz CT molecular complexity index is 536. The topological polar surface area (TPSA) is 61.0 Å². The smallest absolute Gasteiger partial charge is 0.192 e. The minimum atomic E-state index is -0.542. The van der Waals surface area contributed by atoms with Gasteiger partial charge in [-0.15, -0.1) is 0 Å². The van der Waals surface area contributed by atoms with Gasteiger partial charge in [0, 0.05) is 22.4 Å². The third-order valence-electron chi connectivity index (χ3n) is 2.17. The molecule has 1 aromatic heterocycles. The molecule has 82 valence electrons. The summed E-state index contributed by atoms with van der Waals surface area (Å²) < 4.78 is 0.649. The van der Waals surface area contributed by atoms with Crippen LogP contribution in [-0.2, 0) is 0 Å². The summed E-state index contributed by atoms with van der Waals surface area (Å²) in [6.45, 7) is 1.72. The molecule has 0 atom stereocenters. The molecule has 2 rings (SSSR count).